The molecule has 0 aliphatic heterocycles. The Morgan fingerprint density at radius 2 is 1.62 bits per heavy atom. The largest absolute Gasteiger partial charge is 0.480 e. The quantitative estimate of drug-likeness (QED) is 0.496. The standard InChI is InChI=1S/C17H23N3O6/c1-11(2)15(16(23)24)20-14(22)9-18-13(21)8-19-17(25)26-10-12-6-4-3-5-7-12/h3-7,11,15H,8-10H2,1-2H3,(H,18,21)(H,19,25)(H,20,22)(H,23,24). The molecule has 9 heteroatoms. The normalized spacial score (nSPS) is 11.3. The minimum absolute atomic E-state index is 0.0719. The van der Waals surface area contributed by atoms with E-state index in [1.807, 2.05) is 18.2 Å². The predicted molar refractivity (Wildman–Crippen MR) is 92.0 cm³/mol. The summed E-state index contributed by atoms with van der Waals surface area (Å²) in [5.41, 5.74) is 0.807. The summed E-state index contributed by atoms with van der Waals surface area (Å²) in [6, 6.07) is 8.00. The molecule has 3 amide bonds. The molecular formula is C17H23N3O6. The zero-order valence-corrected chi connectivity index (χ0v) is 14.7. The number of hydrogen-bond acceptors (Lipinski definition) is 5. The van der Waals surface area contributed by atoms with Gasteiger partial charge in [-0.1, -0.05) is 44.2 Å². The monoisotopic (exact) mass is 365 g/mol. The second kappa shape index (κ2) is 10.7. The molecule has 9 nitrogen and oxygen atoms in total. The Labute approximate surface area is 151 Å². The first-order valence-electron chi connectivity index (χ1n) is 8.03. The number of carbonyl (C=O) groups excluding carboxylic acids is 3. The number of rotatable bonds is 9. The summed E-state index contributed by atoms with van der Waals surface area (Å²) < 4.78 is 4.93. The molecule has 142 valence electrons. The minimum atomic E-state index is -1.15. The summed E-state index contributed by atoms with van der Waals surface area (Å²) in [7, 11) is 0. The first-order chi connectivity index (χ1) is 12.3. The van der Waals surface area contributed by atoms with Crippen LogP contribution in [0.25, 0.3) is 0 Å². The number of aliphatic carboxylic acids is 1. The third-order valence-electron chi connectivity index (χ3n) is 3.30. The predicted octanol–water partition coefficient (Wildman–Crippen LogP) is 0.254. The molecule has 1 aromatic carbocycles. The maximum Gasteiger partial charge on any atom is 0.407 e. The van der Waals surface area contributed by atoms with Gasteiger partial charge < -0.3 is 25.8 Å². The number of carbonyl (C=O) groups is 4. The van der Waals surface area contributed by atoms with Crippen molar-refractivity contribution in [2.24, 2.45) is 5.92 Å². The van der Waals surface area contributed by atoms with E-state index in [4.69, 9.17) is 9.84 Å². The van der Waals surface area contributed by atoms with Gasteiger partial charge >= 0.3 is 12.1 Å². The molecule has 0 fully saturated rings. The molecule has 0 spiro atoms. The third-order valence-corrected chi connectivity index (χ3v) is 3.30. The van der Waals surface area contributed by atoms with Gasteiger partial charge in [0.2, 0.25) is 11.8 Å². The van der Waals surface area contributed by atoms with E-state index in [-0.39, 0.29) is 19.1 Å². The number of carboxylic acids is 1. The number of carboxylic acid groups (broad SMARTS) is 1. The highest BCUT2D eigenvalue weighted by molar-refractivity contribution is 5.89. The van der Waals surface area contributed by atoms with E-state index >= 15 is 0 Å². The summed E-state index contributed by atoms with van der Waals surface area (Å²) in [5, 5.41) is 15.8. The van der Waals surface area contributed by atoms with Crippen molar-refractivity contribution in [2.75, 3.05) is 13.1 Å². The van der Waals surface area contributed by atoms with Crippen molar-refractivity contribution in [3.63, 3.8) is 0 Å². The van der Waals surface area contributed by atoms with Gasteiger partial charge in [0.15, 0.2) is 0 Å². The molecule has 1 unspecified atom stereocenters. The van der Waals surface area contributed by atoms with Gasteiger partial charge in [-0.3, -0.25) is 9.59 Å². The first kappa shape index (κ1) is 20.9. The van der Waals surface area contributed by atoms with Crippen LogP contribution in [0.1, 0.15) is 19.4 Å². The molecule has 26 heavy (non-hydrogen) atoms. The summed E-state index contributed by atoms with van der Waals surface area (Å²) in [4.78, 5) is 45.8. The van der Waals surface area contributed by atoms with Crippen LogP contribution in [0.4, 0.5) is 4.79 Å². The van der Waals surface area contributed by atoms with Crippen molar-refractivity contribution in [3.8, 4) is 0 Å². The summed E-state index contributed by atoms with van der Waals surface area (Å²) >= 11 is 0. The number of benzene rings is 1. The third kappa shape index (κ3) is 8.13. The van der Waals surface area contributed by atoms with Crippen LogP contribution < -0.4 is 16.0 Å². The fourth-order valence-electron chi connectivity index (χ4n) is 1.91. The number of alkyl carbamates (subject to hydrolysis) is 1. The zero-order valence-electron chi connectivity index (χ0n) is 14.7. The Hall–Kier alpha value is -3.10. The molecule has 0 aliphatic carbocycles. The second-order valence-electron chi connectivity index (χ2n) is 5.82. The van der Waals surface area contributed by atoms with Crippen molar-refractivity contribution in [3.05, 3.63) is 35.9 Å². The Bertz CT molecular complexity index is 633. The first-order valence-corrected chi connectivity index (χ1v) is 8.03. The van der Waals surface area contributed by atoms with Crippen molar-refractivity contribution >= 4 is 23.9 Å². The lowest BCUT2D eigenvalue weighted by Crippen LogP contribution is -2.49. The van der Waals surface area contributed by atoms with E-state index in [1.165, 1.54) is 0 Å². The van der Waals surface area contributed by atoms with Gasteiger partial charge in [-0.25, -0.2) is 9.59 Å². The zero-order chi connectivity index (χ0) is 19.5. The average molecular weight is 365 g/mol. The molecule has 0 saturated carbocycles. The molecule has 0 radical (unpaired) electrons. The van der Waals surface area contributed by atoms with E-state index in [0.717, 1.165) is 5.56 Å². The maximum absolute atomic E-state index is 11.7. The number of ether oxygens (including phenoxy) is 1. The Balaban J connectivity index is 2.24. The fraction of sp³-hybridized carbons (Fsp3) is 0.412. The lowest BCUT2D eigenvalue weighted by atomic mass is 10.1. The van der Waals surface area contributed by atoms with Crippen LogP contribution in [0, 0.1) is 5.92 Å². The molecule has 1 rings (SSSR count). The highest BCUT2D eigenvalue weighted by Gasteiger charge is 2.23. The summed E-state index contributed by atoms with van der Waals surface area (Å²) in [6.07, 6.45) is -0.765. The number of nitrogens with one attached hydrogen (secondary N) is 3. The highest BCUT2D eigenvalue weighted by Crippen LogP contribution is 2.01. The van der Waals surface area contributed by atoms with E-state index < -0.39 is 36.5 Å². The lowest BCUT2D eigenvalue weighted by molar-refractivity contribution is -0.143. The Kier molecular flexibility index (Phi) is 8.62. The van der Waals surface area contributed by atoms with Crippen molar-refractivity contribution in [2.45, 2.75) is 26.5 Å². The Morgan fingerprint density at radius 3 is 2.19 bits per heavy atom. The van der Waals surface area contributed by atoms with Crippen LogP contribution in [0.5, 0.6) is 0 Å². The van der Waals surface area contributed by atoms with Crippen LogP contribution in [-0.2, 0) is 25.7 Å². The van der Waals surface area contributed by atoms with Gasteiger partial charge in [-0.05, 0) is 11.5 Å². The molecule has 1 aromatic rings. The van der Waals surface area contributed by atoms with E-state index in [1.54, 1.807) is 26.0 Å². The molecule has 0 heterocycles. The van der Waals surface area contributed by atoms with Crippen LogP contribution in [0.15, 0.2) is 30.3 Å². The van der Waals surface area contributed by atoms with Gasteiger partial charge in [0.05, 0.1) is 6.54 Å². The number of hydrogen-bond donors (Lipinski definition) is 4. The minimum Gasteiger partial charge on any atom is -0.480 e. The molecule has 0 bridgehead atoms. The number of amides is 3. The fourth-order valence-corrected chi connectivity index (χ4v) is 1.91. The van der Waals surface area contributed by atoms with Crippen molar-refractivity contribution < 1.29 is 29.0 Å². The van der Waals surface area contributed by atoms with Gasteiger partial charge in [0, 0.05) is 0 Å². The van der Waals surface area contributed by atoms with Crippen LogP contribution >= 0.6 is 0 Å². The molecule has 0 aliphatic rings. The molecule has 4 N–H and O–H groups in total. The van der Waals surface area contributed by atoms with Gasteiger partial charge in [0.1, 0.15) is 19.2 Å². The van der Waals surface area contributed by atoms with Gasteiger partial charge in [0.25, 0.3) is 0 Å². The van der Waals surface area contributed by atoms with Crippen molar-refractivity contribution in [1.29, 1.82) is 0 Å². The molecule has 0 saturated heterocycles. The smallest absolute Gasteiger partial charge is 0.407 e. The highest BCUT2D eigenvalue weighted by atomic mass is 16.5. The van der Waals surface area contributed by atoms with Crippen LogP contribution in [0.2, 0.25) is 0 Å². The SMILES string of the molecule is CC(C)C(NC(=O)CNC(=O)CNC(=O)OCc1ccccc1)C(=O)O. The van der Waals surface area contributed by atoms with Crippen molar-refractivity contribution in [1.82, 2.24) is 16.0 Å². The average Bonchev–Trinajstić information content (AvgIpc) is 2.61. The van der Waals surface area contributed by atoms with Crippen LogP contribution in [0.3, 0.4) is 0 Å². The molecule has 1 atom stereocenters. The van der Waals surface area contributed by atoms with E-state index in [2.05, 4.69) is 16.0 Å². The lowest BCUT2D eigenvalue weighted by Gasteiger charge is -2.18. The van der Waals surface area contributed by atoms with E-state index in [9.17, 15) is 19.2 Å². The maximum atomic E-state index is 11.7. The molecule has 0 aromatic heterocycles. The van der Waals surface area contributed by atoms with E-state index in [0.29, 0.717) is 0 Å². The second-order valence-corrected chi connectivity index (χ2v) is 5.82. The summed E-state index contributed by atoms with van der Waals surface area (Å²) in [6.45, 7) is 2.62. The van der Waals surface area contributed by atoms with Crippen LogP contribution in [-0.4, -0.2) is 48.1 Å². The topological polar surface area (TPSA) is 134 Å². The molecular weight excluding hydrogens is 342 g/mol. The van der Waals surface area contributed by atoms with Gasteiger partial charge in [-0.15, -0.1) is 0 Å². The van der Waals surface area contributed by atoms with Gasteiger partial charge in [-0.2, -0.15) is 0 Å². The Morgan fingerprint density at radius 1 is 1.00 bits per heavy atom. The summed E-state index contributed by atoms with van der Waals surface area (Å²) in [5.74, 6) is -2.69.